The molecular weight excluding hydrogens is 264 g/mol. The fourth-order valence-electron chi connectivity index (χ4n) is 1.72. The van der Waals surface area contributed by atoms with Crippen LogP contribution in [0.3, 0.4) is 0 Å². The van der Waals surface area contributed by atoms with Crippen LogP contribution < -0.4 is 10.6 Å². The molecule has 0 unspecified atom stereocenters. The fourth-order valence-corrected chi connectivity index (χ4v) is 1.90. The maximum Gasteiger partial charge on any atom is 0.260 e. The molecule has 5 heteroatoms. The number of nitrogens with two attached hydrogens (primary N) is 1. The number of benzene rings is 2. The van der Waals surface area contributed by atoms with Gasteiger partial charge in [0.25, 0.3) is 5.91 Å². The van der Waals surface area contributed by atoms with Gasteiger partial charge in [-0.15, -0.1) is 0 Å². The van der Waals surface area contributed by atoms with Crippen LogP contribution in [0.15, 0.2) is 42.5 Å². The highest BCUT2D eigenvalue weighted by molar-refractivity contribution is 6.34. The van der Waals surface area contributed by atoms with Crippen LogP contribution in [-0.4, -0.2) is 18.1 Å². The van der Waals surface area contributed by atoms with E-state index < -0.39 is 0 Å². The van der Waals surface area contributed by atoms with Gasteiger partial charge in [-0.3, -0.25) is 4.79 Å². The summed E-state index contributed by atoms with van der Waals surface area (Å²) in [5, 5.41) is 9.77. The van der Waals surface area contributed by atoms with Crippen molar-refractivity contribution in [2.45, 2.75) is 0 Å². The maximum absolute atomic E-state index is 12.3. The Hall–Kier alpha value is -2.20. The summed E-state index contributed by atoms with van der Waals surface area (Å²) in [6.07, 6.45) is 0. The standard InChI is InChI=1S/C14H13ClN2O2/c1-17(9-4-2-5-10(18)8-9)14(19)11-6-3-7-12(15)13(11)16/h2-8,18H,16H2,1H3. The van der Waals surface area contributed by atoms with Crippen LogP contribution in [0.2, 0.25) is 5.02 Å². The number of phenols is 1. The van der Waals surface area contributed by atoms with Crippen molar-refractivity contribution in [3.05, 3.63) is 53.1 Å². The molecule has 0 aliphatic carbocycles. The zero-order valence-corrected chi connectivity index (χ0v) is 11.1. The lowest BCUT2D eigenvalue weighted by Gasteiger charge is -2.18. The zero-order chi connectivity index (χ0) is 14.0. The second-order valence-electron chi connectivity index (χ2n) is 4.09. The summed E-state index contributed by atoms with van der Waals surface area (Å²) in [5.41, 5.74) is 6.96. The number of rotatable bonds is 2. The summed E-state index contributed by atoms with van der Waals surface area (Å²) in [5.74, 6) is -0.193. The largest absolute Gasteiger partial charge is 0.508 e. The Morgan fingerprint density at radius 3 is 2.63 bits per heavy atom. The van der Waals surface area contributed by atoms with Crippen LogP contribution in [-0.2, 0) is 0 Å². The normalized spacial score (nSPS) is 10.2. The van der Waals surface area contributed by atoms with E-state index in [2.05, 4.69) is 0 Å². The van der Waals surface area contributed by atoms with E-state index in [0.717, 1.165) is 0 Å². The maximum atomic E-state index is 12.3. The van der Waals surface area contributed by atoms with E-state index in [1.807, 2.05) is 0 Å². The van der Waals surface area contributed by atoms with Gasteiger partial charge in [0.2, 0.25) is 0 Å². The van der Waals surface area contributed by atoms with Crippen molar-refractivity contribution in [3.8, 4) is 5.75 Å². The number of aromatic hydroxyl groups is 1. The third kappa shape index (κ3) is 2.63. The predicted octanol–water partition coefficient (Wildman–Crippen LogP) is 2.90. The first kappa shape index (κ1) is 13.2. The predicted molar refractivity (Wildman–Crippen MR) is 76.7 cm³/mol. The molecule has 19 heavy (non-hydrogen) atoms. The van der Waals surface area contributed by atoms with Crippen molar-refractivity contribution in [1.82, 2.24) is 0 Å². The Balaban J connectivity index is 2.36. The smallest absolute Gasteiger partial charge is 0.260 e. The van der Waals surface area contributed by atoms with E-state index in [1.54, 1.807) is 37.4 Å². The molecule has 0 aliphatic rings. The molecule has 1 amide bonds. The van der Waals surface area contributed by atoms with E-state index in [-0.39, 0.29) is 17.3 Å². The topological polar surface area (TPSA) is 66.6 Å². The van der Waals surface area contributed by atoms with Crippen molar-refractivity contribution >= 4 is 28.9 Å². The van der Waals surface area contributed by atoms with E-state index >= 15 is 0 Å². The quantitative estimate of drug-likeness (QED) is 0.829. The Morgan fingerprint density at radius 1 is 1.26 bits per heavy atom. The highest BCUT2D eigenvalue weighted by Gasteiger charge is 2.17. The summed E-state index contributed by atoms with van der Waals surface area (Å²) < 4.78 is 0. The van der Waals surface area contributed by atoms with Gasteiger partial charge in [0.05, 0.1) is 16.3 Å². The number of carbonyl (C=O) groups excluding carboxylic acids is 1. The Kier molecular flexibility index (Phi) is 3.62. The van der Waals surface area contributed by atoms with Gasteiger partial charge >= 0.3 is 0 Å². The van der Waals surface area contributed by atoms with Crippen molar-refractivity contribution in [1.29, 1.82) is 0 Å². The summed E-state index contributed by atoms with van der Waals surface area (Å²) in [6, 6.07) is 11.3. The molecule has 0 saturated heterocycles. The van der Waals surface area contributed by atoms with Crippen molar-refractivity contribution in [2.24, 2.45) is 0 Å². The molecule has 0 bridgehead atoms. The molecule has 0 saturated carbocycles. The van der Waals surface area contributed by atoms with Crippen LogP contribution in [0.5, 0.6) is 5.75 Å². The fraction of sp³-hybridized carbons (Fsp3) is 0.0714. The van der Waals surface area contributed by atoms with Crippen LogP contribution >= 0.6 is 11.6 Å². The number of phenolic OH excluding ortho intramolecular Hbond substituents is 1. The van der Waals surface area contributed by atoms with Crippen LogP contribution in [0.25, 0.3) is 0 Å². The highest BCUT2D eigenvalue weighted by atomic mass is 35.5. The third-order valence-corrected chi connectivity index (χ3v) is 3.13. The molecule has 2 rings (SSSR count). The van der Waals surface area contributed by atoms with E-state index in [4.69, 9.17) is 17.3 Å². The first-order chi connectivity index (χ1) is 9.00. The number of nitrogen functional groups attached to an aromatic ring is 1. The molecule has 0 aromatic heterocycles. The number of anilines is 2. The second-order valence-corrected chi connectivity index (χ2v) is 4.49. The average molecular weight is 277 g/mol. The number of amides is 1. The molecule has 2 aromatic rings. The lowest BCUT2D eigenvalue weighted by atomic mass is 10.1. The van der Waals surface area contributed by atoms with Gasteiger partial charge in [-0.05, 0) is 24.3 Å². The number of nitrogens with zero attached hydrogens (tertiary/aromatic N) is 1. The molecule has 0 atom stereocenters. The van der Waals surface area contributed by atoms with Crippen LogP contribution in [0, 0.1) is 0 Å². The number of para-hydroxylation sites is 1. The molecule has 0 heterocycles. The Bertz CT molecular complexity index is 629. The first-order valence-corrected chi connectivity index (χ1v) is 5.99. The van der Waals surface area contributed by atoms with E-state index in [9.17, 15) is 9.90 Å². The van der Waals surface area contributed by atoms with Gasteiger partial charge in [0, 0.05) is 18.8 Å². The van der Waals surface area contributed by atoms with Gasteiger partial charge < -0.3 is 15.7 Å². The molecule has 0 aliphatic heterocycles. The Morgan fingerprint density at radius 2 is 1.95 bits per heavy atom. The van der Waals surface area contributed by atoms with E-state index in [0.29, 0.717) is 16.3 Å². The van der Waals surface area contributed by atoms with Crippen molar-refractivity contribution < 1.29 is 9.90 Å². The minimum Gasteiger partial charge on any atom is -0.508 e. The van der Waals surface area contributed by atoms with Crippen LogP contribution in [0.4, 0.5) is 11.4 Å². The lowest BCUT2D eigenvalue weighted by molar-refractivity contribution is 0.0994. The molecule has 98 valence electrons. The zero-order valence-electron chi connectivity index (χ0n) is 10.3. The third-order valence-electron chi connectivity index (χ3n) is 2.80. The summed E-state index contributed by atoms with van der Waals surface area (Å²) in [7, 11) is 1.61. The number of hydrogen-bond donors (Lipinski definition) is 2. The van der Waals surface area contributed by atoms with E-state index in [1.165, 1.54) is 17.0 Å². The van der Waals surface area contributed by atoms with Gasteiger partial charge in [0.15, 0.2) is 0 Å². The number of hydrogen-bond acceptors (Lipinski definition) is 3. The highest BCUT2D eigenvalue weighted by Crippen LogP contribution is 2.26. The second kappa shape index (κ2) is 5.20. The number of halogens is 1. The molecule has 3 N–H and O–H groups in total. The van der Waals surface area contributed by atoms with Crippen LogP contribution in [0.1, 0.15) is 10.4 Å². The summed E-state index contributed by atoms with van der Waals surface area (Å²) in [4.78, 5) is 13.7. The lowest BCUT2D eigenvalue weighted by Crippen LogP contribution is -2.27. The Labute approximate surface area is 116 Å². The minimum absolute atomic E-state index is 0.0937. The monoisotopic (exact) mass is 276 g/mol. The number of carbonyl (C=O) groups is 1. The molecule has 0 fully saturated rings. The molecule has 4 nitrogen and oxygen atoms in total. The van der Waals surface area contributed by atoms with Gasteiger partial charge in [-0.25, -0.2) is 0 Å². The van der Waals surface area contributed by atoms with Gasteiger partial charge in [-0.2, -0.15) is 0 Å². The minimum atomic E-state index is -0.286. The van der Waals surface area contributed by atoms with Gasteiger partial charge in [0.1, 0.15) is 5.75 Å². The van der Waals surface area contributed by atoms with Crippen molar-refractivity contribution in [3.63, 3.8) is 0 Å². The van der Waals surface area contributed by atoms with Gasteiger partial charge in [-0.1, -0.05) is 23.7 Å². The molecule has 0 radical (unpaired) electrons. The molecule has 0 spiro atoms. The molecule has 2 aromatic carbocycles. The average Bonchev–Trinajstić information content (AvgIpc) is 2.40. The summed E-state index contributed by atoms with van der Waals surface area (Å²) >= 11 is 5.90. The SMILES string of the molecule is CN(C(=O)c1cccc(Cl)c1N)c1cccc(O)c1. The first-order valence-electron chi connectivity index (χ1n) is 5.62. The summed E-state index contributed by atoms with van der Waals surface area (Å²) in [6.45, 7) is 0. The van der Waals surface area contributed by atoms with Crippen molar-refractivity contribution in [2.75, 3.05) is 17.7 Å². The molecular formula is C14H13ClN2O2.